The third kappa shape index (κ3) is 4.11. The maximum absolute atomic E-state index is 13.3. The van der Waals surface area contributed by atoms with Gasteiger partial charge in [0.25, 0.3) is 11.8 Å². The van der Waals surface area contributed by atoms with Crippen LogP contribution < -0.4 is 10.2 Å². The molecule has 1 N–H and O–H groups in total. The first-order valence-corrected chi connectivity index (χ1v) is 13.9. The first-order chi connectivity index (χ1) is 16.8. The predicted octanol–water partition coefficient (Wildman–Crippen LogP) is 6.78. The van der Waals surface area contributed by atoms with Crippen LogP contribution in [0.1, 0.15) is 61.4 Å². The second kappa shape index (κ2) is 8.70. The number of carbonyl (C=O) groups excluding carboxylic acids is 2. The van der Waals surface area contributed by atoms with Crippen LogP contribution in [0.5, 0.6) is 0 Å². The number of nitrogens with one attached hydrogen (secondary N) is 1. The summed E-state index contributed by atoms with van der Waals surface area (Å²) >= 11 is 7.72. The number of benzene rings is 2. The molecule has 1 atom stereocenters. The van der Waals surface area contributed by atoms with Crippen LogP contribution in [0.2, 0.25) is 5.02 Å². The van der Waals surface area contributed by atoms with Gasteiger partial charge >= 0.3 is 0 Å². The Morgan fingerprint density at radius 1 is 1.11 bits per heavy atom. The van der Waals surface area contributed by atoms with Gasteiger partial charge in [0.2, 0.25) is 0 Å². The van der Waals surface area contributed by atoms with Crippen LogP contribution in [0, 0.1) is 23.2 Å². The topological polar surface area (TPSA) is 49.4 Å². The molecule has 0 radical (unpaired) electrons. The van der Waals surface area contributed by atoms with Gasteiger partial charge in [-0.1, -0.05) is 41.6 Å². The Hall–Kier alpha value is -2.24. The fraction of sp³-hybridized carbons (Fsp3) is 0.448. The fourth-order valence-electron chi connectivity index (χ4n) is 7.41. The van der Waals surface area contributed by atoms with E-state index in [9.17, 15) is 9.59 Å². The summed E-state index contributed by atoms with van der Waals surface area (Å²) in [6.45, 7) is 2.21. The van der Waals surface area contributed by atoms with Crippen molar-refractivity contribution in [2.24, 2.45) is 23.2 Å². The summed E-state index contributed by atoms with van der Waals surface area (Å²) in [5, 5.41) is 3.97. The lowest BCUT2D eigenvalue weighted by molar-refractivity contribution is -0.114. The molecule has 0 saturated heterocycles. The van der Waals surface area contributed by atoms with E-state index < -0.39 is 0 Å². The first-order valence-electron chi connectivity index (χ1n) is 12.7. The zero-order chi connectivity index (χ0) is 24.3. The number of rotatable bonds is 4. The highest BCUT2D eigenvalue weighted by Crippen LogP contribution is 2.61. The van der Waals surface area contributed by atoms with Crippen molar-refractivity contribution in [2.75, 3.05) is 11.9 Å². The van der Waals surface area contributed by atoms with E-state index in [2.05, 4.69) is 12.2 Å². The Kier molecular flexibility index (Phi) is 5.76. The van der Waals surface area contributed by atoms with Crippen LogP contribution in [-0.2, 0) is 4.79 Å². The average Bonchev–Trinajstić information content (AvgIpc) is 2.82. The lowest BCUT2D eigenvalue weighted by atomic mass is 9.48. The molecule has 0 spiro atoms. The Morgan fingerprint density at radius 2 is 1.77 bits per heavy atom. The van der Waals surface area contributed by atoms with Crippen molar-refractivity contribution in [1.82, 2.24) is 5.32 Å². The van der Waals surface area contributed by atoms with Crippen LogP contribution >= 0.6 is 23.4 Å². The number of hydrogen-bond acceptors (Lipinski definition) is 3. The number of hydrogen-bond donors (Lipinski definition) is 1. The van der Waals surface area contributed by atoms with E-state index in [0.717, 1.165) is 33.9 Å². The minimum Gasteiger partial charge on any atom is -0.349 e. The SMILES string of the molecule is C[C@@H](NC(=O)c1ccc2c(c1)N(C)C(=O)/C(=C\c1ccccc1Cl)S2)C12CC3CC(CC(C3)C1)C2. The second-order valence-electron chi connectivity index (χ2n) is 11.2. The van der Waals surface area contributed by atoms with Crippen molar-refractivity contribution in [3.05, 3.63) is 63.5 Å². The summed E-state index contributed by atoms with van der Waals surface area (Å²) in [5.41, 5.74) is 2.46. The van der Waals surface area contributed by atoms with Gasteiger partial charge in [0.1, 0.15) is 0 Å². The highest BCUT2D eigenvalue weighted by atomic mass is 35.5. The number of likely N-dealkylation sites (N-methyl/N-ethyl adjacent to an activating group) is 1. The standard InChI is InChI=1S/C29H31ClN2O2S/c1-17(29-14-18-9-19(15-29)11-20(10-18)16-29)31-27(33)22-7-8-25-24(12-22)32(2)28(34)26(35-25)13-21-5-3-4-6-23(21)30/h3-8,12-13,17-20H,9-11,14-16H2,1-2H3,(H,31,33)/b26-13+/t17-,18?,19?,20?,29?/m1/s1. The molecular weight excluding hydrogens is 476 g/mol. The molecule has 6 heteroatoms. The molecule has 5 aliphatic rings. The molecule has 182 valence electrons. The van der Waals surface area contributed by atoms with Crippen LogP contribution in [0.15, 0.2) is 52.3 Å². The Labute approximate surface area is 216 Å². The molecule has 4 bridgehead atoms. The van der Waals surface area contributed by atoms with E-state index in [-0.39, 0.29) is 23.3 Å². The summed E-state index contributed by atoms with van der Waals surface area (Å²) in [6, 6.07) is 13.3. The number of nitrogens with zero attached hydrogens (tertiary/aromatic N) is 1. The molecule has 35 heavy (non-hydrogen) atoms. The third-order valence-electron chi connectivity index (χ3n) is 8.86. The van der Waals surface area contributed by atoms with Crippen molar-refractivity contribution >= 4 is 46.9 Å². The van der Waals surface area contributed by atoms with Gasteiger partial charge in [-0.3, -0.25) is 9.59 Å². The van der Waals surface area contributed by atoms with E-state index in [1.54, 1.807) is 11.9 Å². The number of thioether (sulfide) groups is 1. The molecule has 1 heterocycles. The van der Waals surface area contributed by atoms with Crippen LogP contribution in [-0.4, -0.2) is 24.9 Å². The number of amides is 2. The zero-order valence-electron chi connectivity index (χ0n) is 20.2. The summed E-state index contributed by atoms with van der Waals surface area (Å²) < 4.78 is 0. The molecular formula is C29H31ClN2O2S. The molecule has 4 nitrogen and oxygen atoms in total. The molecule has 0 unspecified atom stereocenters. The summed E-state index contributed by atoms with van der Waals surface area (Å²) in [6.07, 6.45) is 9.82. The minimum absolute atomic E-state index is 0.0423. The second-order valence-corrected chi connectivity index (χ2v) is 12.6. The predicted molar refractivity (Wildman–Crippen MR) is 143 cm³/mol. The van der Waals surface area contributed by atoms with Crippen LogP contribution in [0.25, 0.3) is 6.08 Å². The number of halogens is 1. The quantitative estimate of drug-likeness (QED) is 0.465. The van der Waals surface area contributed by atoms with Gasteiger partial charge in [-0.15, -0.1) is 0 Å². The van der Waals surface area contributed by atoms with Crippen molar-refractivity contribution in [1.29, 1.82) is 0 Å². The van der Waals surface area contributed by atoms with Gasteiger partial charge in [-0.05, 0) is 105 Å². The number of fused-ring (bicyclic) bond motifs is 1. The van der Waals surface area contributed by atoms with Crippen LogP contribution in [0.3, 0.4) is 0 Å². The molecule has 2 amide bonds. The Balaban J connectivity index is 1.21. The maximum atomic E-state index is 13.3. The largest absolute Gasteiger partial charge is 0.349 e. The molecule has 2 aromatic carbocycles. The van der Waals surface area contributed by atoms with E-state index in [1.807, 2.05) is 48.5 Å². The van der Waals surface area contributed by atoms with E-state index in [1.165, 1.54) is 50.3 Å². The number of carbonyl (C=O) groups is 2. The summed E-state index contributed by atoms with van der Waals surface area (Å²) in [5.74, 6) is 2.43. The van der Waals surface area contributed by atoms with Gasteiger partial charge in [0.15, 0.2) is 0 Å². The molecule has 7 rings (SSSR count). The Bertz CT molecular complexity index is 1200. The van der Waals surface area contributed by atoms with Gasteiger partial charge < -0.3 is 10.2 Å². The molecule has 2 aromatic rings. The van der Waals surface area contributed by atoms with Gasteiger partial charge in [-0.2, -0.15) is 0 Å². The van der Waals surface area contributed by atoms with Crippen molar-refractivity contribution < 1.29 is 9.59 Å². The molecule has 4 fully saturated rings. The van der Waals surface area contributed by atoms with Crippen molar-refractivity contribution in [3.63, 3.8) is 0 Å². The Morgan fingerprint density at radius 3 is 2.43 bits per heavy atom. The smallest absolute Gasteiger partial charge is 0.264 e. The maximum Gasteiger partial charge on any atom is 0.264 e. The zero-order valence-corrected chi connectivity index (χ0v) is 21.8. The minimum atomic E-state index is -0.0955. The fourth-order valence-corrected chi connectivity index (χ4v) is 8.68. The number of anilines is 1. The molecule has 0 aromatic heterocycles. The summed E-state index contributed by atoms with van der Waals surface area (Å²) in [4.78, 5) is 29.6. The van der Waals surface area contributed by atoms with Crippen molar-refractivity contribution in [3.8, 4) is 0 Å². The molecule has 4 aliphatic carbocycles. The lowest BCUT2D eigenvalue weighted by Gasteiger charge is -2.59. The molecule has 1 aliphatic heterocycles. The monoisotopic (exact) mass is 506 g/mol. The van der Waals surface area contributed by atoms with E-state index in [0.29, 0.717) is 15.5 Å². The van der Waals surface area contributed by atoms with Gasteiger partial charge in [0, 0.05) is 28.6 Å². The highest BCUT2D eigenvalue weighted by Gasteiger charge is 2.53. The van der Waals surface area contributed by atoms with Crippen molar-refractivity contribution in [2.45, 2.75) is 56.4 Å². The van der Waals surface area contributed by atoms with Crippen LogP contribution in [0.4, 0.5) is 5.69 Å². The highest BCUT2D eigenvalue weighted by molar-refractivity contribution is 8.04. The van der Waals surface area contributed by atoms with Gasteiger partial charge in [0.05, 0.1) is 10.6 Å². The van der Waals surface area contributed by atoms with E-state index >= 15 is 0 Å². The van der Waals surface area contributed by atoms with E-state index in [4.69, 9.17) is 11.6 Å². The third-order valence-corrected chi connectivity index (χ3v) is 10.3. The van der Waals surface area contributed by atoms with Gasteiger partial charge in [-0.25, -0.2) is 0 Å². The average molecular weight is 507 g/mol. The summed E-state index contributed by atoms with van der Waals surface area (Å²) in [7, 11) is 1.76. The first kappa shape index (κ1) is 23.2. The lowest BCUT2D eigenvalue weighted by Crippen LogP contribution is -2.55. The normalized spacial score (nSPS) is 30.9. The molecule has 4 saturated carbocycles.